The molecule has 0 atom stereocenters. The largest absolute Gasteiger partial charge is 0.494 e. The number of benzene rings is 2. The summed E-state index contributed by atoms with van der Waals surface area (Å²) < 4.78 is 5.69. The zero-order valence-electron chi connectivity index (χ0n) is 20.8. The van der Waals surface area contributed by atoms with Gasteiger partial charge in [0.05, 0.1) is 24.4 Å². The molecule has 1 aliphatic heterocycles. The molecule has 0 aliphatic carbocycles. The fourth-order valence-electron chi connectivity index (χ4n) is 4.16. The minimum Gasteiger partial charge on any atom is -0.494 e. The number of nitrogens with zero attached hydrogens (tertiary/aromatic N) is 5. The molecular weight excluding hydrogens is 470 g/mol. The summed E-state index contributed by atoms with van der Waals surface area (Å²) in [5, 5.41) is 17.1. The number of carbonyl (C=O) groups is 1. The van der Waals surface area contributed by atoms with E-state index in [2.05, 4.69) is 60.6 Å². The van der Waals surface area contributed by atoms with Crippen LogP contribution in [0.15, 0.2) is 61.3 Å². The molecule has 2 aromatic heterocycles. The summed E-state index contributed by atoms with van der Waals surface area (Å²) >= 11 is 0. The van der Waals surface area contributed by atoms with Crippen molar-refractivity contribution in [3.05, 3.63) is 61.3 Å². The van der Waals surface area contributed by atoms with E-state index in [1.807, 2.05) is 30.3 Å². The summed E-state index contributed by atoms with van der Waals surface area (Å²) in [5.41, 5.74) is 3.81. The molecule has 11 nitrogen and oxygen atoms in total. The average molecular weight is 500 g/mol. The second kappa shape index (κ2) is 10.5. The number of nitrogens with one attached hydrogen (secondary N) is 4. The van der Waals surface area contributed by atoms with Crippen LogP contribution in [0.3, 0.4) is 0 Å². The highest BCUT2D eigenvalue weighted by Crippen LogP contribution is 2.33. The summed E-state index contributed by atoms with van der Waals surface area (Å²) in [6.45, 7) is 7.49. The van der Waals surface area contributed by atoms with E-state index in [0.717, 1.165) is 48.6 Å². The minimum atomic E-state index is -0.282. The molecule has 3 heterocycles. The first-order chi connectivity index (χ1) is 18.0. The number of piperazine rings is 1. The van der Waals surface area contributed by atoms with Crippen molar-refractivity contribution in [2.24, 2.45) is 0 Å². The maximum Gasteiger partial charge on any atom is 0.247 e. The third kappa shape index (κ3) is 5.46. The predicted octanol–water partition coefficient (Wildman–Crippen LogP) is 3.73. The number of rotatable bonds is 8. The molecule has 0 radical (unpaired) electrons. The van der Waals surface area contributed by atoms with E-state index in [9.17, 15) is 4.79 Å². The fraction of sp³-hybridized carbons (Fsp3) is 0.231. The highest BCUT2D eigenvalue weighted by atomic mass is 16.5. The molecule has 1 fully saturated rings. The summed E-state index contributed by atoms with van der Waals surface area (Å²) in [7, 11) is 3.79. The molecule has 11 heteroatoms. The van der Waals surface area contributed by atoms with Gasteiger partial charge in [0.2, 0.25) is 11.9 Å². The zero-order chi connectivity index (χ0) is 25.8. The number of aromatic amines is 1. The van der Waals surface area contributed by atoms with Crippen molar-refractivity contribution in [1.29, 1.82) is 0 Å². The number of methoxy groups -OCH3 is 1. The molecule has 2 aromatic carbocycles. The van der Waals surface area contributed by atoms with Crippen LogP contribution in [0.2, 0.25) is 0 Å². The van der Waals surface area contributed by atoms with Crippen molar-refractivity contribution in [2.75, 3.05) is 61.2 Å². The first-order valence-corrected chi connectivity index (χ1v) is 11.9. The van der Waals surface area contributed by atoms with E-state index < -0.39 is 0 Å². The SMILES string of the molecule is C=CC(=O)Nc1cccc(Nc2nc(Nc3ccc(N4CCN(C)CC4)cc3OC)nc3[nH]ncc23)c1. The molecular formula is C26H29N9O2. The van der Waals surface area contributed by atoms with Gasteiger partial charge in [-0.2, -0.15) is 15.1 Å². The van der Waals surface area contributed by atoms with Gasteiger partial charge in [0, 0.05) is 49.3 Å². The number of likely N-dealkylation sites (N-methyl/N-ethyl adjacent to an activating group) is 1. The van der Waals surface area contributed by atoms with Crippen LogP contribution < -0.4 is 25.6 Å². The molecule has 190 valence electrons. The van der Waals surface area contributed by atoms with Gasteiger partial charge in [-0.1, -0.05) is 12.6 Å². The maximum atomic E-state index is 11.7. The maximum absolute atomic E-state index is 11.7. The lowest BCUT2D eigenvalue weighted by Crippen LogP contribution is -2.44. The Hall–Kier alpha value is -4.64. The van der Waals surface area contributed by atoms with Gasteiger partial charge in [-0.15, -0.1) is 0 Å². The fourth-order valence-corrected chi connectivity index (χ4v) is 4.16. The molecule has 0 unspecified atom stereocenters. The van der Waals surface area contributed by atoms with Crippen molar-refractivity contribution in [1.82, 2.24) is 25.1 Å². The number of anilines is 6. The standard InChI is InChI=1S/C26H29N9O2/c1-4-23(36)28-17-6-5-7-18(14-17)29-24-20-16-27-33-25(20)32-26(31-24)30-21-9-8-19(15-22(21)37-3)35-12-10-34(2)11-13-35/h4-9,14-16H,1,10-13H2,2-3H3,(H,28,36)(H3,27,29,30,31,32,33). The lowest BCUT2D eigenvalue weighted by atomic mass is 10.2. The van der Waals surface area contributed by atoms with Gasteiger partial charge in [0.1, 0.15) is 11.6 Å². The van der Waals surface area contributed by atoms with Gasteiger partial charge in [-0.25, -0.2) is 0 Å². The highest BCUT2D eigenvalue weighted by molar-refractivity contribution is 5.99. The molecule has 4 aromatic rings. The van der Waals surface area contributed by atoms with E-state index in [4.69, 9.17) is 9.72 Å². The number of hydrogen-bond acceptors (Lipinski definition) is 9. The van der Waals surface area contributed by atoms with Gasteiger partial charge in [-0.3, -0.25) is 9.89 Å². The van der Waals surface area contributed by atoms with E-state index in [-0.39, 0.29) is 5.91 Å². The lowest BCUT2D eigenvalue weighted by Gasteiger charge is -2.34. The third-order valence-electron chi connectivity index (χ3n) is 6.19. The quantitative estimate of drug-likeness (QED) is 0.269. The molecule has 1 aliphatic rings. The normalized spacial score (nSPS) is 13.8. The van der Waals surface area contributed by atoms with Crippen LogP contribution >= 0.6 is 0 Å². The van der Waals surface area contributed by atoms with Gasteiger partial charge >= 0.3 is 0 Å². The van der Waals surface area contributed by atoms with Crippen LogP contribution in [0.5, 0.6) is 5.75 Å². The van der Waals surface area contributed by atoms with Gasteiger partial charge in [0.25, 0.3) is 0 Å². The van der Waals surface area contributed by atoms with E-state index in [1.54, 1.807) is 19.4 Å². The van der Waals surface area contributed by atoms with E-state index >= 15 is 0 Å². The molecule has 0 bridgehead atoms. The zero-order valence-corrected chi connectivity index (χ0v) is 20.8. The van der Waals surface area contributed by atoms with Crippen LogP contribution in [-0.4, -0.2) is 71.3 Å². The van der Waals surface area contributed by atoms with Gasteiger partial charge in [0.15, 0.2) is 5.65 Å². The number of hydrogen-bond donors (Lipinski definition) is 4. The molecule has 1 amide bonds. The van der Waals surface area contributed by atoms with Crippen LogP contribution in [-0.2, 0) is 4.79 Å². The Kier molecular flexibility index (Phi) is 6.86. The van der Waals surface area contributed by atoms with Crippen molar-refractivity contribution < 1.29 is 9.53 Å². The second-order valence-electron chi connectivity index (χ2n) is 8.73. The predicted molar refractivity (Wildman–Crippen MR) is 146 cm³/mol. The Labute approximate surface area is 214 Å². The van der Waals surface area contributed by atoms with E-state index in [0.29, 0.717) is 28.9 Å². The molecule has 0 spiro atoms. The topological polar surface area (TPSA) is 123 Å². The number of aromatic nitrogens is 4. The molecule has 4 N–H and O–H groups in total. The Bertz CT molecular complexity index is 1430. The van der Waals surface area contributed by atoms with Crippen LogP contribution in [0, 0.1) is 0 Å². The monoisotopic (exact) mass is 499 g/mol. The molecule has 1 saturated heterocycles. The Morgan fingerprint density at radius 1 is 1.08 bits per heavy atom. The summed E-state index contributed by atoms with van der Waals surface area (Å²) in [4.78, 5) is 25.6. The Morgan fingerprint density at radius 3 is 2.68 bits per heavy atom. The van der Waals surface area contributed by atoms with E-state index in [1.165, 1.54) is 6.08 Å². The Morgan fingerprint density at radius 2 is 1.89 bits per heavy atom. The smallest absolute Gasteiger partial charge is 0.247 e. The highest BCUT2D eigenvalue weighted by Gasteiger charge is 2.17. The number of fused-ring (bicyclic) bond motifs is 1. The van der Waals surface area contributed by atoms with Crippen molar-refractivity contribution >= 4 is 51.5 Å². The molecule has 5 rings (SSSR count). The lowest BCUT2D eigenvalue weighted by molar-refractivity contribution is -0.111. The van der Waals surface area contributed by atoms with Crippen LogP contribution in [0.4, 0.5) is 34.5 Å². The second-order valence-corrected chi connectivity index (χ2v) is 8.73. The van der Waals surface area contributed by atoms with Crippen LogP contribution in [0.1, 0.15) is 0 Å². The number of carbonyl (C=O) groups excluding carboxylic acids is 1. The number of ether oxygens (including phenoxy) is 1. The number of H-pyrrole nitrogens is 1. The van der Waals surface area contributed by atoms with Crippen molar-refractivity contribution in [3.8, 4) is 5.75 Å². The van der Waals surface area contributed by atoms with Crippen molar-refractivity contribution in [2.45, 2.75) is 0 Å². The van der Waals surface area contributed by atoms with Crippen LogP contribution in [0.25, 0.3) is 11.0 Å². The van der Waals surface area contributed by atoms with Gasteiger partial charge in [-0.05, 0) is 43.5 Å². The molecule has 37 heavy (non-hydrogen) atoms. The first kappa shape index (κ1) is 24.1. The molecule has 0 saturated carbocycles. The van der Waals surface area contributed by atoms with Crippen molar-refractivity contribution in [3.63, 3.8) is 0 Å². The van der Waals surface area contributed by atoms with Gasteiger partial charge < -0.3 is 30.5 Å². The first-order valence-electron chi connectivity index (χ1n) is 11.9. The Balaban J connectivity index is 1.40. The number of amides is 1. The third-order valence-corrected chi connectivity index (χ3v) is 6.19. The minimum absolute atomic E-state index is 0.282. The summed E-state index contributed by atoms with van der Waals surface area (Å²) in [6.07, 6.45) is 2.89. The summed E-state index contributed by atoms with van der Waals surface area (Å²) in [6, 6.07) is 13.4. The average Bonchev–Trinajstić information content (AvgIpc) is 3.39. The summed E-state index contributed by atoms with van der Waals surface area (Å²) in [5.74, 6) is 1.35.